The fourth-order valence-electron chi connectivity index (χ4n) is 2.11. The Kier molecular flexibility index (Phi) is 4.17. The third kappa shape index (κ3) is 2.83. The van der Waals surface area contributed by atoms with Gasteiger partial charge in [0.1, 0.15) is 17.9 Å². The first-order chi connectivity index (χ1) is 10.1. The lowest BCUT2D eigenvalue weighted by Crippen LogP contribution is -2.66. The zero-order chi connectivity index (χ0) is 15.4. The van der Waals surface area contributed by atoms with Crippen LogP contribution < -0.4 is 15.8 Å². The van der Waals surface area contributed by atoms with Crippen molar-refractivity contribution in [2.24, 2.45) is 5.73 Å². The van der Waals surface area contributed by atoms with E-state index in [0.717, 1.165) is 0 Å². The van der Waals surface area contributed by atoms with Crippen molar-refractivity contribution in [3.63, 3.8) is 0 Å². The number of carbonyl (C=O) groups is 4. The minimum atomic E-state index is -0.871. The van der Waals surface area contributed by atoms with Crippen LogP contribution in [0.1, 0.15) is 10.4 Å². The third-order valence-corrected chi connectivity index (χ3v) is 3.13. The Hall–Kier alpha value is -2.90. The first kappa shape index (κ1) is 14.5. The van der Waals surface area contributed by atoms with Crippen LogP contribution in [0.3, 0.4) is 0 Å². The lowest BCUT2D eigenvalue weighted by atomic mass is 9.99. The number of ether oxygens (including phenoxy) is 1. The summed E-state index contributed by atoms with van der Waals surface area (Å²) < 4.78 is 5.58. The van der Waals surface area contributed by atoms with Crippen molar-refractivity contribution in [3.8, 4) is 5.75 Å². The Morgan fingerprint density at radius 2 is 2.05 bits per heavy atom. The Balaban J connectivity index is 2.17. The first-order valence-electron chi connectivity index (χ1n) is 6.09. The Morgan fingerprint density at radius 1 is 1.33 bits per heavy atom. The standard InChI is InChI=1S/C13H13N3O5/c14-12(19)11-10(5-16(11)7-18)21-9-4-2-1-3-8(9)13(20)15-6-17/h1-4,6-7,10-11H,5H2,(H2,14,19)(H,15,17,20). The fraction of sp³-hybridized carbons (Fsp3) is 0.231. The van der Waals surface area contributed by atoms with Crippen molar-refractivity contribution >= 4 is 24.6 Å². The predicted octanol–water partition coefficient (Wildman–Crippen LogP) is -1.35. The van der Waals surface area contributed by atoms with Crippen LogP contribution in [-0.4, -0.2) is 48.2 Å². The van der Waals surface area contributed by atoms with Gasteiger partial charge in [-0.1, -0.05) is 12.1 Å². The van der Waals surface area contributed by atoms with E-state index in [4.69, 9.17) is 10.5 Å². The van der Waals surface area contributed by atoms with E-state index in [9.17, 15) is 19.2 Å². The van der Waals surface area contributed by atoms with E-state index >= 15 is 0 Å². The number of nitrogens with zero attached hydrogens (tertiary/aromatic N) is 1. The van der Waals surface area contributed by atoms with E-state index < -0.39 is 24.0 Å². The van der Waals surface area contributed by atoms with Crippen LogP contribution in [0.15, 0.2) is 24.3 Å². The molecule has 1 fully saturated rings. The van der Waals surface area contributed by atoms with Crippen LogP contribution >= 0.6 is 0 Å². The number of nitrogens with one attached hydrogen (secondary N) is 1. The summed E-state index contributed by atoms with van der Waals surface area (Å²) in [5, 5.41) is 2.01. The van der Waals surface area contributed by atoms with Crippen LogP contribution in [0.2, 0.25) is 0 Å². The van der Waals surface area contributed by atoms with E-state index in [1.165, 1.54) is 17.0 Å². The van der Waals surface area contributed by atoms with Crippen molar-refractivity contribution in [2.45, 2.75) is 12.1 Å². The molecule has 1 aliphatic rings. The second-order valence-corrected chi connectivity index (χ2v) is 4.39. The summed E-state index contributed by atoms with van der Waals surface area (Å²) in [5.74, 6) is -1.10. The molecule has 2 atom stereocenters. The third-order valence-electron chi connectivity index (χ3n) is 3.13. The molecule has 4 amide bonds. The zero-order valence-electron chi connectivity index (χ0n) is 10.9. The van der Waals surface area contributed by atoms with Crippen molar-refractivity contribution < 1.29 is 23.9 Å². The minimum absolute atomic E-state index is 0.150. The van der Waals surface area contributed by atoms with E-state index in [1.807, 2.05) is 5.32 Å². The molecule has 0 aromatic heterocycles. The van der Waals surface area contributed by atoms with Crippen LogP contribution in [0.5, 0.6) is 5.75 Å². The van der Waals surface area contributed by atoms with Crippen molar-refractivity contribution in [1.29, 1.82) is 0 Å². The summed E-state index contributed by atoms with van der Waals surface area (Å²) in [7, 11) is 0. The summed E-state index contributed by atoms with van der Waals surface area (Å²) in [5.41, 5.74) is 5.36. The van der Waals surface area contributed by atoms with Gasteiger partial charge in [0, 0.05) is 0 Å². The van der Waals surface area contributed by atoms with Crippen molar-refractivity contribution in [3.05, 3.63) is 29.8 Å². The topological polar surface area (TPSA) is 119 Å². The zero-order valence-corrected chi connectivity index (χ0v) is 10.9. The monoisotopic (exact) mass is 291 g/mol. The Bertz CT molecular complexity index is 589. The molecule has 3 N–H and O–H groups in total. The van der Waals surface area contributed by atoms with Gasteiger partial charge in [0.05, 0.1) is 12.1 Å². The number of primary amides is 1. The highest BCUT2D eigenvalue weighted by Crippen LogP contribution is 2.25. The summed E-state index contributed by atoms with van der Waals surface area (Å²) in [6, 6.07) is 5.38. The van der Waals surface area contributed by atoms with Crippen LogP contribution in [0, 0.1) is 0 Å². The molecule has 0 saturated carbocycles. The molecule has 0 radical (unpaired) electrons. The summed E-state index contributed by atoms with van der Waals surface area (Å²) in [6.45, 7) is 0.195. The number of hydrogen-bond acceptors (Lipinski definition) is 5. The molecule has 2 rings (SSSR count). The molecule has 1 aromatic carbocycles. The van der Waals surface area contributed by atoms with Gasteiger partial charge in [-0.25, -0.2) is 0 Å². The number of carbonyl (C=O) groups excluding carboxylic acids is 4. The number of benzene rings is 1. The van der Waals surface area contributed by atoms with Gasteiger partial charge in [-0.2, -0.15) is 0 Å². The maximum atomic E-state index is 11.7. The molecule has 21 heavy (non-hydrogen) atoms. The van der Waals surface area contributed by atoms with Gasteiger partial charge >= 0.3 is 0 Å². The highest BCUT2D eigenvalue weighted by atomic mass is 16.5. The van der Waals surface area contributed by atoms with Gasteiger partial charge in [-0.15, -0.1) is 0 Å². The highest BCUT2D eigenvalue weighted by Gasteiger charge is 2.44. The maximum absolute atomic E-state index is 11.7. The van der Waals surface area contributed by atoms with Crippen molar-refractivity contribution in [2.75, 3.05) is 6.54 Å². The largest absolute Gasteiger partial charge is 0.485 e. The molecule has 0 aliphatic carbocycles. The lowest BCUT2D eigenvalue weighted by Gasteiger charge is -2.43. The fourth-order valence-corrected chi connectivity index (χ4v) is 2.11. The molecule has 1 heterocycles. The molecule has 110 valence electrons. The number of likely N-dealkylation sites (tertiary alicyclic amines) is 1. The SMILES string of the molecule is NC(=O)C1C(Oc2ccccc2C(=O)NC=O)CN1C=O. The van der Waals surface area contributed by atoms with E-state index in [1.54, 1.807) is 12.1 Å². The number of hydrogen-bond donors (Lipinski definition) is 2. The minimum Gasteiger partial charge on any atom is -0.485 e. The molecular weight excluding hydrogens is 278 g/mol. The smallest absolute Gasteiger partial charge is 0.261 e. The van der Waals surface area contributed by atoms with Gasteiger partial charge in [0.15, 0.2) is 0 Å². The molecule has 2 unspecified atom stereocenters. The lowest BCUT2D eigenvalue weighted by molar-refractivity contribution is -0.147. The molecule has 1 aromatic rings. The Labute approximate surface area is 119 Å². The molecule has 1 aliphatic heterocycles. The van der Waals surface area contributed by atoms with Gasteiger partial charge in [-0.05, 0) is 12.1 Å². The second-order valence-electron chi connectivity index (χ2n) is 4.39. The number of imide groups is 1. The highest BCUT2D eigenvalue weighted by molar-refractivity contribution is 6.01. The molecule has 0 spiro atoms. The summed E-state index contributed by atoms with van der Waals surface area (Å²) in [4.78, 5) is 45.3. The predicted molar refractivity (Wildman–Crippen MR) is 70.1 cm³/mol. The quantitative estimate of drug-likeness (QED) is 0.628. The number of amides is 4. The second kappa shape index (κ2) is 6.04. The van der Waals surface area contributed by atoms with E-state index in [0.29, 0.717) is 6.41 Å². The van der Waals surface area contributed by atoms with Gasteiger partial charge in [-0.3, -0.25) is 24.5 Å². The first-order valence-corrected chi connectivity index (χ1v) is 6.09. The average molecular weight is 291 g/mol. The van der Waals surface area contributed by atoms with Crippen molar-refractivity contribution in [1.82, 2.24) is 10.2 Å². The van der Waals surface area contributed by atoms with Gasteiger partial charge in [0.25, 0.3) is 5.91 Å². The maximum Gasteiger partial charge on any atom is 0.261 e. The average Bonchev–Trinajstić information content (AvgIpc) is 2.42. The summed E-state index contributed by atoms with van der Waals surface area (Å²) in [6.07, 6.45) is 0.154. The normalized spacial score (nSPS) is 20.1. The summed E-state index contributed by atoms with van der Waals surface area (Å²) >= 11 is 0. The van der Waals surface area contributed by atoms with Gasteiger partial charge < -0.3 is 15.4 Å². The van der Waals surface area contributed by atoms with Crippen LogP contribution in [-0.2, 0) is 14.4 Å². The van der Waals surface area contributed by atoms with E-state index in [2.05, 4.69) is 0 Å². The van der Waals surface area contributed by atoms with Crippen LogP contribution in [0.25, 0.3) is 0 Å². The molecule has 0 bridgehead atoms. The van der Waals surface area contributed by atoms with Crippen LogP contribution in [0.4, 0.5) is 0 Å². The Morgan fingerprint density at radius 3 is 2.67 bits per heavy atom. The van der Waals surface area contributed by atoms with E-state index in [-0.39, 0.29) is 24.3 Å². The molecule has 1 saturated heterocycles. The molecular formula is C13H13N3O5. The molecule has 8 heteroatoms. The molecule has 8 nitrogen and oxygen atoms in total. The number of para-hydroxylation sites is 1. The number of rotatable bonds is 6. The van der Waals surface area contributed by atoms with Gasteiger partial charge in [0.2, 0.25) is 18.7 Å². The number of nitrogens with two attached hydrogens (primary N) is 1.